The average Bonchev–Trinajstić information content (AvgIpc) is 2.51. The fourth-order valence-electron chi connectivity index (χ4n) is 3.47. The van der Waals surface area contributed by atoms with Crippen molar-refractivity contribution in [3.8, 4) is 0 Å². The first-order valence-electron chi connectivity index (χ1n) is 9.00. The summed E-state index contributed by atoms with van der Waals surface area (Å²) in [6.45, 7) is 12.6. The van der Waals surface area contributed by atoms with Gasteiger partial charge in [-0.1, -0.05) is 13.8 Å². The molecule has 2 aliphatic heterocycles. The highest BCUT2D eigenvalue weighted by atomic mass is 32.2. The van der Waals surface area contributed by atoms with E-state index in [9.17, 15) is 8.42 Å². The largest absolute Gasteiger partial charge is 0.379 e. The third-order valence-electron chi connectivity index (χ3n) is 4.53. The molecule has 3 atom stereocenters. The maximum Gasteiger partial charge on any atom is 0.279 e. The zero-order chi connectivity index (χ0) is 17.7. The SMILES string of the molecule is CC(C)CC(CNS(=O)(=O)N1CC(C)OC(C)C1)N1CCOCC1. The Hall–Kier alpha value is -0.250. The van der Waals surface area contributed by atoms with E-state index in [1.165, 1.54) is 4.31 Å². The second-order valence-electron chi connectivity index (χ2n) is 7.36. The van der Waals surface area contributed by atoms with Crippen LogP contribution in [0.5, 0.6) is 0 Å². The first kappa shape index (κ1) is 20.1. The van der Waals surface area contributed by atoms with Crippen LogP contribution in [0.2, 0.25) is 0 Å². The van der Waals surface area contributed by atoms with Crippen LogP contribution in [0.25, 0.3) is 0 Å². The highest BCUT2D eigenvalue weighted by molar-refractivity contribution is 7.87. The highest BCUT2D eigenvalue weighted by Crippen LogP contribution is 2.16. The zero-order valence-electron chi connectivity index (χ0n) is 15.4. The van der Waals surface area contributed by atoms with Crippen molar-refractivity contribution in [1.29, 1.82) is 0 Å². The lowest BCUT2D eigenvalue weighted by atomic mass is 10.0. The van der Waals surface area contributed by atoms with Crippen LogP contribution >= 0.6 is 0 Å². The zero-order valence-corrected chi connectivity index (χ0v) is 16.2. The van der Waals surface area contributed by atoms with Crippen LogP contribution in [0.15, 0.2) is 0 Å². The van der Waals surface area contributed by atoms with Crippen LogP contribution in [-0.2, 0) is 19.7 Å². The molecule has 2 fully saturated rings. The lowest BCUT2D eigenvalue weighted by molar-refractivity contribution is -0.0444. The Kier molecular flexibility index (Phi) is 7.45. The van der Waals surface area contributed by atoms with Gasteiger partial charge in [0, 0.05) is 38.8 Å². The van der Waals surface area contributed by atoms with Crippen molar-refractivity contribution in [2.75, 3.05) is 45.9 Å². The minimum atomic E-state index is -3.47. The molecule has 142 valence electrons. The smallest absolute Gasteiger partial charge is 0.279 e. The fourth-order valence-corrected chi connectivity index (χ4v) is 4.87. The van der Waals surface area contributed by atoms with E-state index >= 15 is 0 Å². The topological polar surface area (TPSA) is 71.1 Å². The maximum absolute atomic E-state index is 12.7. The van der Waals surface area contributed by atoms with Gasteiger partial charge in [0.15, 0.2) is 0 Å². The first-order valence-corrected chi connectivity index (χ1v) is 10.4. The van der Waals surface area contributed by atoms with E-state index in [-0.39, 0.29) is 18.2 Å². The Morgan fingerprint density at radius 2 is 1.71 bits per heavy atom. The monoisotopic (exact) mass is 363 g/mol. The molecule has 1 N–H and O–H groups in total. The van der Waals surface area contributed by atoms with Gasteiger partial charge in [0.05, 0.1) is 25.4 Å². The van der Waals surface area contributed by atoms with Gasteiger partial charge in [-0.2, -0.15) is 12.7 Å². The van der Waals surface area contributed by atoms with E-state index in [1.807, 2.05) is 13.8 Å². The van der Waals surface area contributed by atoms with Gasteiger partial charge in [-0.15, -0.1) is 0 Å². The lowest BCUT2D eigenvalue weighted by Gasteiger charge is -2.37. The van der Waals surface area contributed by atoms with Gasteiger partial charge in [-0.3, -0.25) is 4.90 Å². The van der Waals surface area contributed by atoms with Gasteiger partial charge in [0.25, 0.3) is 10.2 Å². The number of hydrogen-bond donors (Lipinski definition) is 1. The Labute approximate surface area is 146 Å². The number of nitrogens with one attached hydrogen (secondary N) is 1. The Bertz CT molecular complexity index is 470. The molecule has 2 rings (SSSR count). The van der Waals surface area contributed by atoms with E-state index in [0.717, 1.165) is 32.7 Å². The molecule has 0 aliphatic carbocycles. The number of rotatable bonds is 7. The van der Waals surface area contributed by atoms with Gasteiger partial charge >= 0.3 is 0 Å². The molecule has 7 nitrogen and oxygen atoms in total. The summed E-state index contributed by atoms with van der Waals surface area (Å²) in [5.41, 5.74) is 0. The predicted molar refractivity (Wildman–Crippen MR) is 94.1 cm³/mol. The van der Waals surface area contributed by atoms with Crippen LogP contribution in [-0.4, -0.2) is 81.8 Å². The standard InChI is InChI=1S/C16H33N3O4S/c1-13(2)9-16(18-5-7-22-8-6-18)10-17-24(20,21)19-11-14(3)23-15(4)12-19/h13-17H,5-12H2,1-4H3. The molecular formula is C16H33N3O4S. The summed E-state index contributed by atoms with van der Waals surface area (Å²) in [7, 11) is -3.47. The van der Waals surface area contributed by atoms with Crippen LogP contribution in [0, 0.1) is 5.92 Å². The summed E-state index contributed by atoms with van der Waals surface area (Å²) in [5, 5.41) is 0. The maximum atomic E-state index is 12.7. The molecule has 0 aromatic heterocycles. The Balaban J connectivity index is 1.95. The Morgan fingerprint density at radius 3 is 2.25 bits per heavy atom. The molecule has 0 aromatic rings. The average molecular weight is 364 g/mol. The van der Waals surface area contributed by atoms with E-state index < -0.39 is 10.2 Å². The molecule has 0 saturated carbocycles. The van der Waals surface area contributed by atoms with Gasteiger partial charge in [0.2, 0.25) is 0 Å². The van der Waals surface area contributed by atoms with Gasteiger partial charge in [0.1, 0.15) is 0 Å². The van der Waals surface area contributed by atoms with Crippen molar-refractivity contribution in [3.05, 3.63) is 0 Å². The number of ether oxygens (including phenoxy) is 2. The van der Waals surface area contributed by atoms with Gasteiger partial charge in [-0.25, -0.2) is 4.72 Å². The van der Waals surface area contributed by atoms with Crippen molar-refractivity contribution in [1.82, 2.24) is 13.9 Å². The summed E-state index contributed by atoms with van der Waals surface area (Å²) < 4.78 is 40.7. The van der Waals surface area contributed by atoms with Crippen LogP contribution in [0.1, 0.15) is 34.1 Å². The number of hydrogen-bond acceptors (Lipinski definition) is 5. The van der Waals surface area contributed by atoms with Crippen LogP contribution < -0.4 is 4.72 Å². The van der Waals surface area contributed by atoms with E-state index in [1.54, 1.807) is 0 Å². The number of morpholine rings is 2. The second-order valence-corrected chi connectivity index (χ2v) is 9.11. The van der Waals surface area contributed by atoms with Gasteiger partial charge in [-0.05, 0) is 26.2 Å². The van der Waals surface area contributed by atoms with Gasteiger partial charge < -0.3 is 9.47 Å². The molecule has 24 heavy (non-hydrogen) atoms. The van der Waals surface area contributed by atoms with Crippen molar-refractivity contribution >= 4 is 10.2 Å². The highest BCUT2D eigenvalue weighted by Gasteiger charge is 2.32. The van der Waals surface area contributed by atoms with E-state index in [2.05, 4.69) is 23.5 Å². The van der Waals surface area contributed by atoms with Crippen molar-refractivity contribution in [3.63, 3.8) is 0 Å². The molecule has 2 saturated heterocycles. The predicted octanol–water partition coefficient (Wildman–Crippen LogP) is 0.677. The summed E-state index contributed by atoms with van der Waals surface area (Å²) >= 11 is 0. The summed E-state index contributed by atoms with van der Waals surface area (Å²) in [6.07, 6.45) is 0.824. The molecule has 0 amide bonds. The van der Waals surface area contributed by atoms with E-state index in [0.29, 0.717) is 25.6 Å². The fraction of sp³-hybridized carbons (Fsp3) is 1.00. The molecular weight excluding hydrogens is 330 g/mol. The third kappa shape index (κ3) is 5.93. The molecule has 2 heterocycles. The normalized spacial score (nSPS) is 29.0. The molecule has 3 unspecified atom stereocenters. The summed E-state index contributed by atoms with van der Waals surface area (Å²) in [4.78, 5) is 2.34. The molecule has 0 spiro atoms. The quantitative estimate of drug-likeness (QED) is 0.720. The Morgan fingerprint density at radius 1 is 1.12 bits per heavy atom. The van der Waals surface area contributed by atoms with Crippen molar-refractivity contribution in [2.24, 2.45) is 5.92 Å². The first-order chi connectivity index (χ1) is 11.3. The summed E-state index contributed by atoms with van der Waals surface area (Å²) in [6, 6.07) is 0.208. The third-order valence-corrected chi connectivity index (χ3v) is 6.04. The molecule has 0 bridgehead atoms. The van der Waals surface area contributed by atoms with Crippen molar-refractivity contribution < 1.29 is 17.9 Å². The minimum Gasteiger partial charge on any atom is -0.379 e. The van der Waals surface area contributed by atoms with Crippen LogP contribution in [0.3, 0.4) is 0 Å². The summed E-state index contributed by atoms with van der Waals surface area (Å²) in [5.74, 6) is 0.519. The second kappa shape index (κ2) is 8.91. The van der Waals surface area contributed by atoms with Crippen LogP contribution in [0.4, 0.5) is 0 Å². The number of nitrogens with zero attached hydrogens (tertiary/aromatic N) is 2. The molecule has 2 aliphatic rings. The molecule has 0 radical (unpaired) electrons. The van der Waals surface area contributed by atoms with Crippen molar-refractivity contribution in [2.45, 2.75) is 52.4 Å². The van der Waals surface area contributed by atoms with E-state index in [4.69, 9.17) is 9.47 Å². The molecule has 8 heteroatoms. The minimum absolute atomic E-state index is 0.0731. The molecule has 0 aromatic carbocycles. The lowest BCUT2D eigenvalue weighted by Crippen LogP contribution is -2.55.